The van der Waals surface area contributed by atoms with Gasteiger partial charge >= 0.3 is 7.82 Å². The topological polar surface area (TPSA) is 151 Å². The standard InChI is InChI=1S/C44H85N2O7P/c1-3-5-7-9-11-13-15-17-18-19-20-21-22-23-24-26-28-30-32-34-36-43(48)42(40-53-54(50,51)52-38-37-45)46-44(49)39-41(47)35-33-31-29-27-25-16-14-12-10-8-6-4-2/h21-22,26,28,34,36,41-43,47-48H,3-20,23-25,27,29-33,35,37-40,45H2,1-2H3,(H,46,49)(H,50,51)/b22-21+,28-26+,36-34+. The van der Waals surface area contributed by atoms with E-state index in [1.165, 1.54) is 122 Å². The number of aliphatic hydroxyl groups excluding tert-OH is 2. The number of nitrogens with two attached hydrogens (primary N) is 1. The molecule has 4 unspecified atom stereocenters. The zero-order valence-corrected chi connectivity index (χ0v) is 35.7. The highest BCUT2D eigenvalue weighted by Gasteiger charge is 2.27. The van der Waals surface area contributed by atoms with E-state index in [1.54, 1.807) is 6.08 Å². The molecule has 6 N–H and O–H groups in total. The number of unbranched alkanes of at least 4 members (excludes halogenated alkanes) is 23. The van der Waals surface area contributed by atoms with Crippen LogP contribution >= 0.6 is 7.82 Å². The molecular weight excluding hydrogens is 699 g/mol. The van der Waals surface area contributed by atoms with E-state index < -0.39 is 38.6 Å². The zero-order chi connectivity index (χ0) is 39.8. The summed E-state index contributed by atoms with van der Waals surface area (Å²) in [5, 5.41) is 24.0. The van der Waals surface area contributed by atoms with Gasteiger partial charge < -0.3 is 26.2 Å². The highest BCUT2D eigenvalue weighted by atomic mass is 31.2. The molecule has 318 valence electrons. The molecule has 0 aliphatic heterocycles. The molecule has 0 saturated carbocycles. The molecule has 1 amide bonds. The Bertz CT molecular complexity index is 961. The van der Waals surface area contributed by atoms with Crippen molar-refractivity contribution >= 4 is 13.7 Å². The Hall–Kier alpha value is -1.32. The van der Waals surface area contributed by atoms with Crippen LogP contribution < -0.4 is 11.1 Å². The second-order valence-electron chi connectivity index (χ2n) is 15.1. The van der Waals surface area contributed by atoms with Crippen molar-refractivity contribution in [1.82, 2.24) is 5.32 Å². The van der Waals surface area contributed by atoms with Crippen LogP contribution in [0.25, 0.3) is 0 Å². The van der Waals surface area contributed by atoms with Gasteiger partial charge in [-0.3, -0.25) is 13.8 Å². The Labute approximate surface area is 332 Å². The van der Waals surface area contributed by atoms with Crippen molar-refractivity contribution in [2.45, 2.75) is 218 Å². The van der Waals surface area contributed by atoms with Crippen molar-refractivity contribution < 1.29 is 33.5 Å². The Morgan fingerprint density at radius 1 is 0.630 bits per heavy atom. The third kappa shape index (κ3) is 37.6. The average molecular weight is 785 g/mol. The number of rotatable bonds is 41. The SMILES string of the molecule is CCCCCCCCCCCC/C=C/CC/C=C/CC/C=C/C(O)C(COP(=O)(O)OCCN)NC(=O)CC(O)CCCCCCCCCCCCCC. The number of carbonyl (C=O) groups is 1. The predicted octanol–water partition coefficient (Wildman–Crippen LogP) is 11.3. The van der Waals surface area contributed by atoms with Gasteiger partial charge in [0.2, 0.25) is 5.91 Å². The normalized spacial score (nSPS) is 15.0. The summed E-state index contributed by atoms with van der Waals surface area (Å²) in [5.74, 6) is -0.460. The monoisotopic (exact) mass is 785 g/mol. The number of phosphoric ester groups is 1. The summed E-state index contributed by atoms with van der Waals surface area (Å²) in [6.45, 7) is 3.94. The fourth-order valence-corrected chi connectivity index (χ4v) is 7.14. The molecule has 9 nitrogen and oxygen atoms in total. The molecule has 0 heterocycles. The first kappa shape index (κ1) is 52.7. The van der Waals surface area contributed by atoms with E-state index in [9.17, 15) is 24.5 Å². The molecule has 0 saturated heterocycles. The van der Waals surface area contributed by atoms with Crippen LogP contribution in [-0.4, -0.2) is 59.0 Å². The van der Waals surface area contributed by atoms with Crippen molar-refractivity contribution in [3.05, 3.63) is 36.5 Å². The average Bonchev–Trinajstić information content (AvgIpc) is 3.15. The number of nitrogens with one attached hydrogen (secondary N) is 1. The molecule has 54 heavy (non-hydrogen) atoms. The number of carbonyl (C=O) groups excluding carboxylic acids is 1. The summed E-state index contributed by atoms with van der Waals surface area (Å²) >= 11 is 0. The van der Waals surface area contributed by atoms with Crippen LogP contribution in [0.15, 0.2) is 36.5 Å². The molecule has 0 radical (unpaired) electrons. The molecule has 0 bridgehead atoms. The maximum absolute atomic E-state index is 12.8. The van der Waals surface area contributed by atoms with Gasteiger partial charge in [-0.05, 0) is 44.9 Å². The smallest absolute Gasteiger partial charge is 0.393 e. The number of hydrogen-bond donors (Lipinski definition) is 5. The van der Waals surface area contributed by atoms with E-state index in [2.05, 4.69) is 43.5 Å². The lowest BCUT2D eigenvalue weighted by Gasteiger charge is -2.24. The first-order valence-corrected chi connectivity index (χ1v) is 23.7. The summed E-state index contributed by atoms with van der Waals surface area (Å²) in [6, 6.07) is -1.00. The van der Waals surface area contributed by atoms with Crippen LogP contribution in [0.2, 0.25) is 0 Å². The van der Waals surface area contributed by atoms with Gasteiger partial charge in [-0.2, -0.15) is 0 Å². The minimum atomic E-state index is -4.41. The molecule has 0 aromatic heterocycles. The van der Waals surface area contributed by atoms with Crippen molar-refractivity contribution in [2.24, 2.45) is 5.73 Å². The van der Waals surface area contributed by atoms with Crippen molar-refractivity contribution in [2.75, 3.05) is 19.8 Å². The Kier molecular flexibility index (Phi) is 38.9. The number of allylic oxidation sites excluding steroid dienone is 5. The van der Waals surface area contributed by atoms with Crippen LogP contribution in [0.4, 0.5) is 0 Å². The number of phosphoric acid groups is 1. The molecular formula is C44H85N2O7P. The van der Waals surface area contributed by atoms with E-state index in [-0.39, 0.29) is 19.6 Å². The zero-order valence-electron chi connectivity index (χ0n) is 34.8. The summed E-state index contributed by atoms with van der Waals surface area (Å²) in [7, 11) is -4.41. The van der Waals surface area contributed by atoms with E-state index in [4.69, 9.17) is 14.8 Å². The van der Waals surface area contributed by atoms with Crippen LogP contribution in [0.1, 0.15) is 200 Å². The van der Waals surface area contributed by atoms with Gasteiger partial charge in [0.1, 0.15) is 0 Å². The van der Waals surface area contributed by atoms with E-state index >= 15 is 0 Å². The molecule has 4 atom stereocenters. The summed E-state index contributed by atoms with van der Waals surface area (Å²) < 4.78 is 22.1. The Morgan fingerprint density at radius 3 is 1.54 bits per heavy atom. The van der Waals surface area contributed by atoms with Crippen LogP contribution in [0.5, 0.6) is 0 Å². The number of hydrogen-bond acceptors (Lipinski definition) is 7. The molecule has 0 aliphatic carbocycles. The molecule has 0 aliphatic rings. The van der Waals surface area contributed by atoms with E-state index in [0.717, 1.165) is 44.9 Å². The van der Waals surface area contributed by atoms with Crippen LogP contribution in [-0.2, 0) is 18.4 Å². The molecule has 0 aromatic rings. The third-order valence-electron chi connectivity index (χ3n) is 9.75. The largest absolute Gasteiger partial charge is 0.472 e. The highest BCUT2D eigenvalue weighted by Crippen LogP contribution is 2.43. The fourth-order valence-electron chi connectivity index (χ4n) is 6.38. The summed E-state index contributed by atoms with van der Waals surface area (Å²) in [6.07, 6.45) is 43.8. The molecule has 0 fully saturated rings. The Balaban J connectivity index is 4.39. The second-order valence-corrected chi connectivity index (χ2v) is 16.5. The summed E-state index contributed by atoms with van der Waals surface area (Å²) in [5.41, 5.74) is 5.36. The predicted molar refractivity (Wildman–Crippen MR) is 227 cm³/mol. The minimum Gasteiger partial charge on any atom is -0.393 e. The van der Waals surface area contributed by atoms with Crippen LogP contribution in [0, 0.1) is 0 Å². The van der Waals surface area contributed by atoms with Crippen LogP contribution in [0.3, 0.4) is 0 Å². The first-order valence-electron chi connectivity index (χ1n) is 22.2. The van der Waals surface area contributed by atoms with Gasteiger partial charge in [0.05, 0.1) is 37.9 Å². The molecule has 10 heteroatoms. The molecule has 0 spiro atoms. The van der Waals surface area contributed by atoms with Gasteiger partial charge in [0.15, 0.2) is 0 Å². The molecule has 0 aromatic carbocycles. The summed E-state index contributed by atoms with van der Waals surface area (Å²) in [4.78, 5) is 22.7. The van der Waals surface area contributed by atoms with Crippen molar-refractivity contribution in [3.63, 3.8) is 0 Å². The lowest BCUT2D eigenvalue weighted by molar-refractivity contribution is -0.124. The third-order valence-corrected chi connectivity index (χ3v) is 10.7. The van der Waals surface area contributed by atoms with Gasteiger partial charge in [0.25, 0.3) is 0 Å². The lowest BCUT2D eigenvalue weighted by atomic mass is 10.0. The van der Waals surface area contributed by atoms with E-state index in [0.29, 0.717) is 12.8 Å². The minimum absolute atomic E-state index is 0.0428. The van der Waals surface area contributed by atoms with Crippen molar-refractivity contribution in [1.29, 1.82) is 0 Å². The first-order chi connectivity index (χ1) is 26.3. The van der Waals surface area contributed by atoms with E-state index in [1.807, 2.05) is 6.08 Å². The van der Waals surface area contributed by atoms with Gasteiger partial charge in [-0.15, -0.1) is 0 Å². The Morgan fingerprint density at radius 2 is 1.06 bits per heavy atom. The second kappa shape index (κ2) is 39.9. The quantitative estimate of drug-likeness (QED) is 0.0233. The maximum Gasteiger partial charge on any atom is 0.472 e. The van der Waals surface area contributed by atoms with Gasteiger partial charge in [-0.25, -0.2) is 4.57 Å². The number of amides is 1. The lowest BCUT2D eigenvalue weighted by Crippen LogP contribution is -2.46. The van der Waals surface area contributed by atoms with Gasteiger partial charge in [-0.1, -0.05) is 185 Å². The van der Waals surface area contributed by atoms with Gasteiger partial charge in [0, 0.05) is 6.54 Å². The fraction of sp³-hybridized carbons (Fsp3) is 0.841. The molecule has 0 rings (SSSR count). The highest BCUT2D eigenvalue weighted by molar-refractivity contribution is 7.47. The van der Waals surface area contributed by atoms with Crippen molar-refractivity contribution in [3.8, 4) is 0 Å². The maximum atomic E-state index is 12.8. The number of aliphatic hydroxyl groups is 2.